The fourth-order valence-corrected chi connectivity index (χ4v) is 15.9. The number of halogens is 1. The van der Waals surface area contributed by atoms with Crippen molar-refractivity contribution >= 4 is 37.3 Å². The Hall–Kier alpha value is -0.346. The molecule has 21 heavy (non-hydrogen) atoms. The van der Waals surface area contributed by atoms with Crippen molar-refractivity contribution in [3.05, 3.63) is 28.2 Å². The van der Waals surface area contributed by atoms with E-state index in [9.17, 15) is 5.11 Å². The second-order valence-corrected chi connectivity index (χ2v) is 20.0. The lowest BCUT2D eigenvalue weighted by atomic mass is 10.1. The van der Waals surface area contributed by atoms with Crippen molar-refractivity contribution in [2.45, 2.75) is 57.9 Å². The van der Waals surface area contributed by atoms with Crippen molar-refractivity contribution in [1.82, 2.24) is 0 Å². The SMILES string of the molecule is CC(C)(O)C#Cc1cc(Br)cc([Si](C)(C)C[Si](C)(C)C)c1. The summed E-state index contributed by atoms with van der Waals surface area (Å²) < 4.78 is 1.08. The minimum Gasteiger partial charge on any atom is -0.378 e. The van der Waals surface area contributed by atoms with Crippen LogP contribution in [0.1, 0.15) is 19.4 Å². The summed E-state index contributed by atoms with van der Waals surface area (Å²) in [5, 5.41) is 11.2. The molecule has 0 saturated heterocycles. The molecule has 1 aromatic rings. The first-order chi connectivity index (χ1) is 9.28. The predicted octanol–water partition coefficient (Wildman–Crippen LogP) is 4.36. The molecular formula is C17H27BrOSi2. The van der Waals surface area contributed by atoms with E-state index in [1.165, 1.54) is 10.9 Å². The van der Waals surface area contributed by atoms with Crippen LogP contribution in [0.3, 0.4) is 0 Å². The molecule has 1 nitrogen and oxygen atoms in total. The normalized spacial score (nSPS) is 12.8. The Morgan fingerprint density at radius 1 is 1.10 bits per heavy atom. The van der Waals surface area contributed by atoms with E-state index in [-0.39, 0.29) is 0 Å². The topological polar surface area (TPSA) is 20.2 Å². The highest BCUT2D eigenvalue weighted by atomic mass is 79.9. The predicted molar refractivity (Wildman–Crippen MR) is 103 cm³/mol. The molecule has 1 N–H and O–H groups in total. The van der Waals surface area contributed by atoms with Crippen LogP contribution in [0.2, 0.25) is 38.4 Å². The van der Waals surface area contributed by atoms with E-state index in [4.69, 9.17) is 0 Å². The molecule has 0 amide bonds. The Balaban J connectivity index is 3.20. The van der Waals surface area contributed by atoms with Gasteiger partial charge >= 0.3 is 0 Å². The van der Waals surface area contributed by atoms with Gasteiger partial charge in [-0.1, -0.05) is 71.4 Å². The zero-order valence-electron chi connectivity index (χ0n) is 14.3. The molecule has 1 aromatic carbocycles. The van der Waals surface area contributed by atoms with E-state index in [2.05, 4.69) is 72.6 Å². The monoisotopic (exact) mass is 382 g/mol. The van der Waals surface area contributed by atoms with Gasteiger partial charge in [-0.15, -0.1) is 0 Å². The Bertz CT molecular complexity index is 569. The summed E-state index contributed by atoms with van der Waals surface area (Å²) >= 11 is 3.61. The highest BCUT2D eigenvalue weighted by Crippen LogP contribution is 2.22. The quantitative estimate of drug-likeness (QED) is 0.607. The maximum atomic E-state index is 9.76. The third kappa shape index (κ3) is 6.97. The van der Waals surface area contributed by atoms with E-state index < -0.39 is 21.7 Å². The zero-order chi connectivity index (χ0) is 16.5. The number of rotatable bonds is 3. The van der Waals surface area contributed by atoms with Crippen LogP contribution >= 0.6 is 15.9 Å². The van der Waals surface area contributed by atoms with E-state index in [1.807, 2.05) is 6.07 Å². The fraction of sp³-hybridized carbons (Fsp3) is 0.529. The van der Waals surface area contributed by atoms with Gasteiger partial charge in [0, 0.05) is 18.1 Å². The summed E-state index contributed by atoms with van der Waals surface area (Å²) in [5.74, 6) is 6.01. The lowest BCUT2D eigenvalue weighted by molar-refractivity contribution is 0.143. The fourth-order valence-electron chi connectivity index (χ4n) is 2.71. The first-order valence-electron chi connectivity index (χ1n) is 7.35. The summed E-state index contributed by atoms with van der Waals surface area (Å²) in [6.45, 7) is 15.6. The lowest BCUT2D eigenvalue weighted by Gasteiger charge is -2.30. The highest BCUT2D eigenvalue weighted by molar-refractivity contribution is 9.10. The molecule has 0 radical (unpaired) electrons. The van der Waals surface area contributed by atoms with Crippen LogP contribution < -0.4 is 5.19 Å². The van der Waals surface area contributed by atoms with Gasteiger partial charge in [-0.2, -0.15) is 0 Å². The van der Waals surface area contributed by atoms with Crippen molar-refractivity contribution in [3.8, 4) is 11.8 Å². The number of hydrogen-bond acceptors (Lipinski definition) is 1. The first-order valence-corrected chi connectivity index (χ1v) is 15.1. The Morgan fingerprint density at radius 2 is 1.67 bits per heavy atom. The van der Waals surface area contributed by atoms with Crippen LogP contribution in [0.5, 0.6) is 0 Å². The van der Waals surface area contributed by atoms with Gasteiger partial charge in [0.05, 0.1) is 8.07 Å². The Morgan fingerprint density at radius 3 is 2.14 bits per heavy atom. The van der Waals surface area contributed by atoms with Crippen molar-refractivity contribution in [1.29, 1.82) is 0 Å². The minimum absolute atomic E-state index is 0.951. The second kappa shape index (κ2) is 6.41. The molecule has 116 valence electrons. The molecule has 0 fully saturated rings. The maximum absolute atomic E-state index is 9.76. The average Bonchev–Trinajstić information content (AvgIpc) is 2.21. The molecule has 0 saturated carbocycles. The van der Waals surface area contributed by atoms with Gasteiger partial charge in [0.15, 0.2) is 0 Å². The van der Waals surface area contributed by atoms with Crippen LogP contribution in [-0.4, -0.2) is 26.9 Å². The summed E-state index contributed by atoms with van der Waals surface area (Å²) in [7, 11) is -2.54. The van der Waals surface area contributed by atoms with Crippen molar-refractivity contribution in [2.24, 2.45) is 0 Å². The lowest BCUT2D eigenvalue weighted by Crippen LogP contribution is -2.47. The molecule has 0 aliphatic rings. The van der Waals surface area contributed by atoms with E-state index in [1.54, 1.807) is 13.8 Å². The molecule has 0 heterocycles. The van der Waals surface area contributed by atoms with Crippen molar-refractivity contribution < 1.29 is 5.11 Å². The smallest absolute Gasteiger partial charge is 0.120 e. The van der Waals surface area contributed by atoms with E-state index in [0.29, 0.717) is 0 Å². The van der Waals surface area contributed by atoms with Gasteiger partial charge in [-0.05, 0) is 32.0 Å². The van der Waals surface area contributed by atoms with E-state index >= 15 is 0 Å². The van der Waals surface area contributed by atoms with Gasteiger partial charge in [0.1, 0.15) is 5.60 Å². The molecule has 0 aromatic heterocycles. The van der Waals surface area contributed by atoms with Crippen LogP contribution in [0, 0.1) is 11.8 Å². The summed E-state index contributed by atoms with van der Waals surface area (Å²) in [6.07, 6.45) is 0. The van der Waals surface area contributed by atoms with Crippen molar-refractivity contribution in [3.63, 3.8) is 0 Å². The molecule has 0 aliphatic heterocycles. The summed E-state index contributed by atoms with van der Waals surface area (Å²) in [4.78, 5) is 0. The van der Waals surface area contributed by atoms with Gasteiger partial charge in [0.2, 0.25) is 0 Å². The molecule has 0 atom stereocenters. The Labute approximate surface area is 140 Å². The number of aliphatic hydroxyl groups is 1. The highest BCUT2D eigenvalue weighted by Gasteiger charge is 2.30. The second-order valence-electron chi connectivity index (χ2n) is 8.16. The molecule has 0 aliphatic carbocycles. The molecule has 0 spiro atoms. The van der Waals surface area contributed by atoms with Crippen molar-refractivity contribution in [2.75, 3.05) is 0 Å². The standard InChI is InChI=1S/C17H27BrOSi2/c1-17(2,19)9-8-14-10-15(18)12-16(11-14)21(6,7)13-20(3,4)5/h10-12,19H,13H2,1-7H3. The van der Waals surface area contributed by atoms with Gasteiger partial charge < -0.3 is 5.11 Å². The molecule has 0 unspecified atom stereocenters. The maximum Gasteiger partial charge on any atom is 0.120 e. The van der Waals surface area contributed by atoms with Crippen LogP contribution in [0.25, 0.3) is 0 Å². The largest absolute Gasteiger partial charge is 0.378 e. The Kier molecular flexibility index (Phi) is 5.71. The van der Waals surface area contributed by atoms with E-state index in [0.717, 1.165) is 10.0 Å². The molecule has 1 rings (SSSR count). The van der Waals surface area contributed by atoms with Crippen LogP contribution in [0.15, 0.2) is 22.7 Å². The number of benzene rings is 1. The third-order valence-electron chi connectivity index (χ3n) is 3.16. The molecule has 4 heteroatoms. The molecule has 0 bridgehead atoms. The average molecular weight is 383 g/mol. The van der Waals surface area contributed by atoms with Crippen LogP contribution in [-0.2, 0) is 0 Å². The summed E-state index contributed by atoms with van der Waals surface area (Å²) in [6, 6.07) is 6.50. The zero-order valence-corrected chi connectivity index (χ0v) is 17.9. The van der Waals surface area contributed by atoms with Gasteiger partial charge in [-0.25, -0.2) is 0 Å². The number of hydrogen-bond donors (Lipinski definition) is 1. The first kappa shape index (κ1) is 18.7. The van der Waals surface area contributed by atoms with Crippen LogP contribution in [0.4, 0.5) is 0 Å². The van der Waals surface area contributed by atoms with Gasteiger partial charge in [0.25, 0.3) is 0 Å². The van der Waals surface area contributed by atoms with Gasteiger partial charge in [-0.3, -0.25) is 0 Å². The molecular weight excluding hydrogens is 356 g/mol. The minimum atomic E-state index is -1.45. The summed E-state index contributed by atoms with van der Waals surface area (Å²) in [5.41, 5.74) is 1.40. The third-order valence-corrected chi connectivity index (χ3v) is 13.3.